The van der Waals surface area contributed by atoms with Gasteiger partial charge < -0.3 is 14.5 Å². The topological polar surface area (TPSA) is 47.3 Å². The van der Waals surface area contributed by atoms with Crippen molar-refractivity contribution in [2.24, 2.45) is 0 Å². The smallest absolute Gasteiger partial charge is 0.145 e. The van der Waals surface area contributed by atoms with Crippen LogP contribution in [0.4, 0.5) is 0 Å². The summed E-state index contributed by atoms with van der Waals surface area (Å²) in [4.78, 5) is 4.32. The molecule has 2 aromatic heterocycles. The molecule has 0 unspecified atom stereocenters. The van der Waals surface area contributed by atoms with E-state index in [2.05, 4.69) is 10.3 Å². The van der Waals surface area contributed by atoms with Gasteiger partial charge >= 0.3 is 0 Å². The number of nitrogens with one attached hydrogen (secondary N) is 1. The van der Waals surface area contributed by atoms with Crippen LogP contribution < -0.4 is 10.1 Å². The lowest BCUT2D eigenvalue weighted by atomic mass is 10.1. The van der Waals surface area contributed by atoms with Crippen LogP contribution in [0.15, 0.2) is 35.1 Å². The molecule has 0 atom stereocenters. The van der Waals surface area contributed by atoms with Crippen molar-refractivity contribution >= 4 is 0 Å². The second-order valence-corrected chi connectivity index (χ2v) is 3.34. The molecular formula is C12H14N2O2. The predicted octanol–water partition coefficient (Wildman–Crippen LogP) is 2.07. The van der Waals surface area contributed by atoms with Crippen molar-refractivity contribution < 1.29 is 9.15 Å². The highest BCUT2D eigenvalue weighted by molar-refractivity contribution is 5.67. The molecule has 1 N–H and O–H groups in total. The predicted molar refractivity (Wildman–Crippen MR) is 61.3 cm³/mol. The van der Waals surface area contributed by atoms with Gasteiger partial charge in [0, 0.05) is 11.8 Å². The van der Waals surface area contributed by atoms with Gasteiger partial charge in [-0.1, -0.05) is 0 Å². The highest BCUT2D eigenvalue weighted by atomic mass is 16.5. The van der Waals surface area contributed by atoms with Crippen LogP contribution in [0.25, 0.3) is 11.3 Å². The summed E-state index contributed by atoms with van der Waals surface area (Å²) in [6.45, 7) is 0.669. The minimum absolute atomic E-state index is 0.669. The Morgan fingerprint density at radius 1 is 1.44 bits per heavy atom. The van der Waals surface area contributed by atoms with E-state index < -0.39 is 0 Å². The average molecular weight is 218 g/mol. The van der Waals surface area contributed by atoms with Crippen LogP contribution in [0.5, 0.6) is 5.75 Å². The maximum atomic E-state index is 5.40. The monoisotopic (exact) mass is 218 g/mol. The van der Waals surface area contributed by atoms with Crippen LogP contribution in [0.3, 0.4) is 0 Å². The van der Waals surface area contributed by atoms with Crippen LogP contribution in [-0.4, -0.2) is 19.1 Å². The molecule has 2 rings (SSSR count). The molecule has 84 valence electrons. The summed E-state index contributed by atoms with van der Waals surface area (Å²) in [5.74, 6) is 1.61. The van der Waals surface area contributed by atoms with Gasteiger partial charge in [0.2, 0.25) is 0 Å². The summed E-state index contributed by atoms with van der Waals surface area (Å²) >= 11 is 0. The van der Waals surface area contributed by atoms with E-state index in [1.54, 1.807) is 19.6 Å². The molecule has 0 radical (unpaired) electrons. The van der Waals surface area contributed by atoms with Crippen LogP contribution in [0.1, 0.15) is 5.76 Å². The van der Waals surface area contributed by atoms with E-state index in [1.807, 2.05) is 25.2 Å². The van der Waals surface area contributed by atoms with Gasteiger partial charge in [-0.2, -0.15) is 0 Å². The van der Waals surface area contributed by atoms with Gasteiger partial charge in [0.05, 0.1) is 19.9 Å². The molecule has 4 heteroatoms. The first kappa shape index (κ1) is 10.7. The molecule has 2 heterocycles. The van der Waals surface area contributed by atoms with Gasteiger partial charge in [-0.25, -0.2) is 0 Å². The molecule has 0 fully saturated rings. The Morgan fingerprint density at radius 2 is 2.31 bits per heavy atom. The molecule has 0 bridgehead atoms. The number of hydrogen-bond acceptors (Lipinski definition) is 4. The fourth-order valence-corrected chi connectivity index (χ4v) is 1.61. The van der Waals surface area contributed by atoms with Gasteiger partial charge in [-0.05, 0) is 25.2 Å². The molecule has 0 aliphatic carbocycles. The number of rotatable bonds is 4. The fraction of sp³-hybridized carbons (Fsp3) is 0.250. The van der Waals surface area contributed by atoms with Gasteiger partial charge in [0.25, 0.3) is 0 Å². The zero-order chi connectivity index (χ0) is 11.4. The summed E-state index contributed by atoms with van der Waals surface area (Å²) in [6, 6.07) is 5.64. The largest absolute Gasteiger partial charge is 0.494 e. The van der Waals surface area contributed by atoms with Gasteiger partial charge in [0.15, 0.2) is 0 Å². The van der Waals surface area contributed by atoms with Crippen molar-refractivity contribution in [1.29, 1.82) is 0 Å². The Hall–Kier alpha value is -1.81. The van der Waals surface area contributed by atoms with E-state index in [0.29, 0.717) is 6.54 Å². The quantitative estimate of drug-likeness (QED) is 0.853. The van der Waals surface area contributed by atoms with Crippen molar-refractivity contribution in [3.05, 3.63) is 36.4 Å². The molecule has 4 nitrogen and oxygen atoms in total. The molecule has 0 spiro atoms. The zero-order valence-corrected chi connectivity index (χ0v) is 9.36. The lowest BCUT2D eigenvalue weighted by Crippen LogP contribution is -2.05. The molecule has 0 amide bonds. The van der Waals surface area contributed by atoms with Crippen molar-refractivity contribution in [1.82, 2.24) is 10.3 Å². The molecule has 0 aliphatic rings. The van der Waals surface area contributed by atoms with Crippen LogP contribution in [0, 0.1) is 0 Å². The van der Waals surface area contributed by atoms with Gasteiger partial charge in [-0.3, -0.25) is 4.98 Å². The summed E-state index contributed by atoms with van der Waals surface area (Å²) < 4.78 is 10.7. The van der Waals surface area contributed by atoms with Crippen molar-refractivity contribution in [3.63, 3.8) is 0 Å². The third kappa shape index (κ3) is 1.92. The van der Waals surface area contributed by atoms with E-state index >= 15 is 0 Å². The number of furan rings is 1. The lowest BCUT2D eigenvalue weighted by molar-refractivity contribution is 0.414. The maximum absolute atomic E-state index is 5.40. The Labute approximate surface area is 94.3 Å². The normalized spacial score (nSPS) is 10.4. The number of methoxy groups -OCH3 is 1. The minimum Gasteiger partial charge on any atom is -0.494 e. The van der Waals surface area contributed by atoms with Crippen LogP contribution >= 0.6 is 0 Å². The van der Waals surface area contributed by atoms with E-state index in [1.165, 1.54) is 0 Å². The first-order chi connectivity index (χ1) is 7.86. The lowest BCUT2D eigenvalue weighted by Gasteiger charge is -2.06. The molecular weight excluding hydrogens is 204 g/mol. The Kier molecular flexibility index (Phi) is 3.22. The average Bonchev–Trinajstić information content (AvgIpc) is 2.77. The fourth-order valence-electron chi connectivity index (χ4n) is 1.61. The second kappa shape index (κ2) is 4.81. The Balaban J connectivity index is 2.45. The summed E-state index contributed by atoms with van der Waals surface area (Å²) in [6.07, 6.45) is 3.41. The maximum Gasteiger partial charge on any atom is 0.145 e. The molecule has 0 saturated heterocycles. The van der Waals surface area contributed by atoms with Crippen LogP contribution in [0.2, 0.25) is 0 Å². The number of hydrogen-bond donors (Lipinski definition) is 1. The number of nitrogens with zero attached hydrogens (tertiary/aromatic N) is 1. The Morgan fingerprint density at radius 3 is 3.06 bits per heavy atom. The van der Waals surface area contributed by atoms with E-state index in [4.69, 9.17) is 9.15 Å². The highest BCUT2D eigenvalue weighted by Crippen LogP contribution is 2.30. The molecule has 2 aromatic rings. The third-order valence-corrected chi connectivity index (χ3v) is 2.33. The molecule has 0 aromatic carbocycles. The zero-order valence-electron chi connectivity index (χ0n) is 9.36. The molecule has 0 aliphatic heterocycles. The van der Waals surface area contributed by atoms with E-state index in [-0.39, 0.29) is 0 Å². The second-order valence-electron chi connectivity index (χ2n) is 3.34. The number of pyridine rings is 1. The minimum atomic E-state index is 0.669. The van der Waals surface area contributed by atoms with Crippen molar-refractivity contribution in [2.75, 3.05) is 14.2 Å². The first-order valence-corrected chi connectivity index (χ1v) is 5.07. The SMILES string of the molecule is CNCc1occc1-c1ncccc1OC. The number of aromatic nitrogens is 1. The summed E-state index contributed by atoms with van der Waals surface area (Å²) in [5.41, 5.74) is 1.77. The molecule has 16 heavy (non-hydrogen) atoms. The third-order valence-electron chi connectivity index (χ3n) is 2.33. The van der Waals surface area contributed by atoms with Crippen LogP contribution in [-0.2, 0) is 6.54 Å². The first-order valence-electron chi connectivity index (χ1n) is 5.07. The summed E-state index contributed by atoms with van der Waals surface area (Å²) in [7, 11) is 3.51. The highest BCUT2D eigenvalue weighted by Gasteiger charge is 2.13. The van der Waals surface area contributed by atoms with Crippen molar-refractivity contribution in [2.45, 2.75) is 6.54 Å². The summed E-state index contributed by atoms with van der Waals surface area (Å²) in [5, 5.41) is 3.06. The standard InChI is InChI=1S/C12H14N2O2/c1-13-8-11-9(5-7-16-11)12-10(15-2)4-3-6-14-12/h3-7,13H,8H2,1-2H3. The molecule has 0 saturated carbocycles. The van der Waals surface area contributed by atoms with Gasteiger partial charge in [0.1, 0.15) is 17.2 Å². The van der Waals surface area contributed by atoms with Crippen molar-refractivity contribution in [3.8, 4) is 17.0 Å². The number of ether oxygens (including phenoxy) is 1. The van der Waals surface area contributed by atoms with E-state index in [9.17, 15) is 0 Å². The van der Waals surface area contributed by atoms with E-state index in [0.717, 1.165) is 22.8 Å². The van der Waals surface area contributed by atoms with Gasteiger partial charge in [-0.15, -0.1) is 0 Å². The Bertz CT molecular complexity index is 466.